The molecule has 0 saturated heterocycles. The quantitative estimate of drug-likeness (QED) is 0.792. The first-order chi connectivity index (χ1) is 9.74. The van der Waals surface area contributed by atoms with Crippen LogP contribution in [0.25, 0.3) is 5.65 Å². The van der Waals surface area contributed by atoms with E-state index in [9.17, 15) is 4.79 Å². The molecule has 2 heterocycles. The SMILES string of the molecule is Cc1ccccc1NCc1cc(=O)n2ccccc2n1. The molecule has 4 nitrogen and oxygen atoms in total. The highest BCUT2D eigenvalue weighted by Gasteiger charge is 2.02. The van der Waals surface area contributed by atoms with E-state index < -0.39 is 0 Å². The van der Waals surface area contributed by atoms with Crippen molar-refractivity contribution in [2.24, 2.45) is 0 Å². The van der Waals surface area contributed by atoms with Crippen LogP contribution in [0.5, 0.6) is 0 Å². The summed E-state index contributed by atoms with van der Waals surface area (Å²) < 4.78 is 1.54. The molecule has 0 bridgehead atoms. The first-order valence-corrected chi connectivity index (χ1v) is 6.51. The average molecular weight is 265 g/mol. The largest absolute Gasteiger partial charge is 0.379 e. The Labute approximate surface area is 116 Å². The highest BCUT2D eigenvalue weighted by Crippen LogP contribution is 2.13. The molecule has 2 aromatic heterocycles. The number of aryl methyl sites for hydroxylation is 1. The van der Waals surface area contributed by atoms with Gasteiger partial charge in [-0.25, -0.2) is 4.98 Å². The van der Waals surface area contributed by atoms with Crippen molar-refractivity contribution in [1.29, 1.82) is 0 Å². The summed E-state index contributed by atoms with van der Waals surface area (Å²) in [6, 6.07) is 15.1. The van der Waals surface area contributed by atoms with Crippen LogP contribution in [0.4, 0.5) is 5.69 Å². The van der Waals surface area contributed by atoms with Gasteiger partial charge in [-0.1, -0.05) is 24.3 Å². The maximum absolute atomic E-state index is 12.0. The van der Waals surface area contributed by atoms with Gasteiger partial charge in [0.05, 0.1) is 12.2 Å². The molecule has 0 atom stereocenters. The summed E-state index contributed by atoms with van der Waals surface area (Å²) in [7, 11) is 0. The summed E-state index contributed by atoms with van der Waals surface area (Å²) >= 11 is 0. The first-order valence-electron chi connectivity index (χ1n) is 6.51. The Hall–Kier alpha value is -2.62. The molecule has 0 radical (unpaired) electrons. The molecule has 0 aliphatic rings. The zero-order valence-electron chi connectivity index (χ0n) is 11.2. The van der Waals surface area contributed by atoms with Crippen LogP contribution in [0.1, 0.15) is 11.3 Å². The topological polar surface area (TPSA) is 46.4 Å². The molecule has 100 valence electrons. The van der Waals surface area contributed by atoms with Crippen molar-refractivity contribution in [3.8, 4) is 0 Å². The van der Waals surface area contributed by atoms with Crippen molar-refractivity contribution in [3.05, 3.63) is 76.3 Å². The fraction of sp³-hybridized carbons (Fsp3) is 0.125. The predicted octanol–water partition coefficient (Wildman–Crippen LogP) is 2.62. The summed E-state index contributed by atoms with van der Waals surface area (Å²) in [4.78, 5) is 16.5. The molecule has 0 saturated carbocycles. The Morgan fingerprint density at radius 2 is 1.95 bits per heavy atom. The van der Waals surface area contributed by atoms with E-state index in [1.807, 2.05) is 49.4 Å². The molecule has 0 fully saturated rings. The number of hydrogen-bond donors (Lipinski definition) is 1. The predicted molar refractivity (Wildman–Crippen MR) is 80.0 cm³/mol. The number of pyridine rings is 1. The van der Waals surface area contributed by atoms with Gasteiger partial charge in [0.1, 0.15) is 5.65 Å². The molecule has 0 aliphatic heterocycles. The van der Waals surface area contributed by atoms with E-state index in [1.54, 1.807) is 12.3 Å². The molecule has 1 N–H and O–H groups in total. The highest BCUT2D eigenvalue weighted by atomic mass is 16.1. The zero-order chi connectivity index (χ0) is 13.9. The summed E-state index contributed by atoms with van der Waals surface area (Å²) in [5, 5.41) is 3.31. The molecule has 1 aromatic carbocycles. The van der Waals surface area contributed by atoms with Gasteiger partial charge in [0.15, 0.2) is 0 Å². The Balaban J connectivity index is 1.88. The van der Waals surface area contributed by atoms with Crippen LogP contribution < -0.4 is 10.9 Å². The Morgan fingerprint density at radius 1 is 1.15 bits per heavy atom. The molecular weight excluding hydrogens is 250 g/mol. The summed E-state index contributed by atoms with van der Waals surface area (Å²) in [5.74, 6) is 0. The number of nitrogens with zero attached hydrogens (tertiary/aromatic N) is 2. The van der Waals surface area contributed by atoms with Crippen molar-refractivity contribution in [2.45, 2.75) is 13.5 Å². The van der Waals surface area contributed by atoms with Gasteiger partial charge < -0.3 is 5.32 Å². The Morgan fingerprint density at radius 3 is 2.80 bits per heavy atom. The zero-order valence-corrected chi connectivity index (χ0v) is 11.2. The number of anilines is 1. The fourth-order valence-corrected chi connectivity index (χ4v) is 2.15. The minimum absolute atomic E-state index is 0.0582. The lowest BCUT2D eigenvalue weighted by molar-refractivity contribution is 0.970. The summed E-state index contributed by atoms with van der Waals surface area (Å²) in [6.07, 6.45) is 1.73. The monoisotopic (exact) mass is 265 g/mol. The lowest BCUT2D eigenvalue weighted by Crippen LogP contribution is -2.16. The molecule has 0 aliphatic carbocycles. The van der Waals surface area contributed by atoms with Crippen LogP contribution >= 0.6 is 0 Å². The van der Waals surface area contributed by atoms with Crippen molar-refractivity contribution >= 4 is 11.3 Å². The standard InChI is InChI=1S/C16H15N3O/c1-12-6-2-3-7-14(12)17-11-13-10-16(20)19-9-5-4-8-15(19)18-13/h2-10,17H,11H2,1H3. The molecule has 3 aromatic rings. The van der Waals surface area contributed by atoms with Crippen LogP contribution in [0.2, 0.25) is 0 Å². The van der Waals surface area contributed by atoms with E-state index in [0.29, 0.717) is 12.2 Å². The minimum atomic E-state index is -0.0582. The summed E-state index contributed by atoms with van der Waals surface area (Å²) in [5.41, 5.74) is 3.58. The van der Waals surface area contributed by atoms with Crippen molar-refractivity contribution in [3.63, 3.8) is 0 Å². The molecular formula is C16H15N3O. The number of rotatable bonds is 3. The average Bonchev–Trinajstić information content (AvgIpc) is 2.46. The van der Waals surface area contributed by atoms with Gasteiger partial charge in [0.2, 0.25) is 0 Å². The molecule has 3 rings (SSSR count). The van der Waals surface area contributed by atoms with E-state index in [4.69, 9.17) is 0 Å². The number of benzene rings is 1. The van der Waals surface area contributed by atoms with Gasteiger partial charge in [-0.05, 0) is 30.7 Å². The Kier molecular flexibility index (Phi) is 3.21. The number of para-hydroxylation sites is 1. The van der Waals surface area contributed by atoms with Crippen molar-refractivity contribution in [2.75, 3.05) is 5.32 Å². The van der Waals surface area contributed by atoms with Crippen LogP contribution in [0, 0.1) is 6.92 Å². The van der Waals surface area contributed by atoms with E-state index in [-0.39, 0.29) is 5.56 Å². The third kappa shape index (κ3) is 2.40. The lowest BCUT2D eigenvalue weighted by atomic mass is 10.2. The third-order valence-corrected chi connectivity index (χ3v) is 3.23. The minimum Gasteiger partial charge on any atom is -0.379 e. The normalized spacial score (nSPS) is 10.7. The second-order valence-corrected chi connectivity index (χ2v) is 4.68. The van der Waals surface area contributed by atoms with Gasteiger partial charge in [0, 0.05) is 18.0 Å². The third-order valence-electron chi connectivity index (χ3n) is 3.23. The number of hydrogen-bond acceptors (Lipinski definition) is 3. The van der Waals surface area contributed by atoms with Gasteiger partial charge in [0.25, 0.3) is 5.56 Å². The van der Waals surface area contributed by atoms with Crippen LogP contribution in [0.15, 0.2) is 59.5 Å². The van der Waals surface area contributed by atoms with Crippen LogP contribution in [0.3, 0.4) is 0 Å². The van der Waals surface area contributed by atoms with Gasteiger partial charge in [-0.3, -0.25) is 9.20 Å². The maximum atomic E-state index is 12.0. The van der Waals surface area contributed by atoms with E-state index in [1.165, 1.54) is 9.96 Å². The first kappa shape index (κ1) is 12.4. The van der Waals surface area contributed by atoms with Crippen LogP contribution in [-0.4, -0.2) is 9.38 Å². The van der Waals surface area contributed by atoms with Gasteiger partial charge in [-0.2, -0.15) is 0 Å². The van der Waals surface area contributed by atoms with E-state index in [2.05, 4.69) is 10.3 Å². The smallest absolute Gasteiger partial charge is 0.258 e. The second kappa shape index (κ2) is 5.17. The fourth-order valence-electron chi connectivity index (χ4n) is 2.15. The van der Waals surface area contributed by atoms with Crippen molar-refractivity contribution < 1.29 is 0 Å². The van der Waals surface area contributed by atoms with Gasteiger partial charge in [-0.15, -0.1) is 0 Å². The van der Waals surface area contributed by atoms with Crippen LogP contribution in [-0.2, 0) is 6.54 Å². The number of nitrogens with one attached hydrogen (secondary N) is 1. The van der Waals surface area contributed by atoms with Gasteiger partial charge >= 0.3 is 0 Å². The maximum Gasteiger partial charge on any atom is 0.258 e. The number of aromatic nitrogens is 2. The van der Waals surface area contributed by atoms with E-state index in [0.717, 1.165) is 11.4 Å². The van der Waals surface area contributed by atoms with E-state index >= 15 is 0 Å². The molecule has 4 heteroatoms. The molecule has 0 unspecified atom stereocenters. The number of fused-ring (bicyclic) bond motifs is 1. The molecule has 0 amide bonds. The molecule has 0 spiro atoms. The van der Waals surface area contributed by atoms with Crippen molar-refractivity contribution in [1.82, 2.24) is 9.38 Å². The second-order valence-electron chi connectivity index (χ2n) is 4.68. The summed E-state index contributed by atoms with van der Waals surface area (Å²) in [6.45, 7) is 2.58. The highest BCUT2D eigenvalue weighted by molar-refractivity contribution is 5.50. The lowest BCUT2D eigenvalue weighted by Gasteiger charge is -2.09. The Bertz CT molecular complexity index is 808. The molecule has 20 heavy (non-hydrogen) atoms.